The Morgan fingerprint density at radius 3 is 3.12 bits per heavy atom. The van der Waals surface area contributed by atoms with Crippen LogP contribution in [0.5, 0.6) is 0 Å². The third-order valence-electron chi connectivity index (χ3n) is 2.67. The summed E-state index contributed by atoms with van der Waals surface area (Å²) in [5.41, 5.74) is 2.00. The fourth-order valence-corrected chi connectivity index (χ4v) is 1.78. The summed E-state index contributed by atoms with van der Waals surface area (Å²) in [6, 6.07) is 7.86. The lowest BCUT2D eigenvalue weighted by molar-refractivity contribution is -0.168. The van der Waals surface area contributed by atoms with Crippen molar-refractivity contribution in [2.45, 2.75) is 32.2 Å². The molecule has 0 spiro atoms. The van der Waals surface area contributed by atoms with Crippen molar-refractivity contribution in [2.24, 2.45) is 0 Å². The van der Waals surface area contributed by atoms with Gasteiger partial charge in [0.2, 0.25) is 0 Å². The van der Waals surface area contributed by atoms with E-state index in [0.717, 1.165) is 30.6 Å². The highest BCUT2D eigenvalue weighted by Crippen LogP contribution is 2.15. The molecule has 1 atom stereocenters. The van der Waals surface area contributed by atoms with Gasteiger partial charge in [0.1, 0.15) is 0 Å². The molecule has 0 bridgehead atoms. The smallest absolute Gasteiger partial charge is 0.158 e. The van der Waals surface area contributed by atoms with Gasteiger partial charge in [-0.05, 0) is 37.0 Å². The molecule has 1 fully saturated rings. The number of benzene rings is 1. The first-order chi connectivity index (χ1) is 7.88. The first-order valence-corrected chi connectivity index (χ1v) is 5.67. The summed E-state index contributed by atoms with van der Waals surface area (Å²) in [5.74, 6) is 2.62. The fraction of sp³-hybridized carbons (Fsp3) is 0.429. The van der Waals surface area contributed by atoms with Gasteiger partial charge in [-0.25, -0.2) is 0 Å². The SMILES string of the molecule is C#Cc1cccc(CO[C@@H]2CCCCO2)c1. The number of rotatable bonds is 3. The Hall–Kier alpha value is -1.30. The summed E-state index contributed by atoms with van der Waals surface area (Å²) in [6.07, 6.45) is 8.63. The van der Waals surface area contributed by atoms with E-state index in [-0.39, 0.29) is 6.29 Å². The van der Waals surface area contributed by atoms with E-state index >= 15 is 0 Å². The Labute approximate surface area is 96.6 Å². The first kappa shape index (κ1) is 11.2. The van der Waals surface area contributed by atoms with Crippen LogP contribution in [0.3, 0.4) is 0 Å². The second-order valence-corrected chi connectivity index (χ2v) is 3.95. The van der Waals surface area contributed by atoms with Gasteiger partial charge in [0.15, 0.2) is 6.29 Å². The van der Waals surface area contributed by atoms with Crippen LogP contribution in [0.25, 0.3) is 0 Å². The van der Waals surface area contributed by atoms with E-state index < -0.39 is 0 Å². The molecule has 0 aromatic heterocycles. The van der Waals surface area contributed by atoms with E-state index in [9.17, 15) is 0 Å². The fourth-order valence-electron chi connectivity index (χ4n) is 1.78. The van der Waals surface area contributed by atoms with Gasteiger partial charge >= 0.3 is 0 Å². The molecule has 84 valence electrons. The van der Waals surface area contributed by atoms with Crippen molar-refractivity contribution in [3.8, 4) is 12.3 Å². The van der Waals surface area contributed by atoms with E-state index in [0.29, 0.717) is 6.61 Å². The maximum atomic E-state index is 5.68. The lowest BCUT2D eigenvalue weighted by Gasteiger charge is -2.22. The van der Waals surface area contributed by atoms with Crippen LogP contribution in [0.1, 0.15) is 30.4 Å². The van der Waals surface area contributed by atoms with Gasteiger partial charge < -0.3 is 9.47 Å². The van der Waals surface area contributed by atoms with E-state index in [1.165, 1.54) is 6.42 Å². The number of ether oxygens (including phenoxy) is 2. The Morgan fingerprint density at radius 1 is 1.44 bits per heavy atom. The van der Waals surface area contributed by atoms with Gasteiger partial charge in [-0.15, -0.1) is 6.42 Å². The molecule has 2 rings (SSSR count). The van der Waals surface area contributed by atoms with Crippen molar-refractivity contribution < 1.29 is 9.47 Å². The molecule has 0 radical (unpaired) electrons. The average molecular weight is 216 g/mol. The highest BCUT2D eigenvalue weighted by atomic mass is 16.7. The average Bonchev–Trinajstić information content (AvgIpc) is 2.38. The van der Waals surface area contributed by atoms with E-state index in [1.54, 1.807) is 0 Å². The molecular formula is C14H16O2. The van der Waals surface area contributed by atoms with Crippen LogP contribution in [0.15, 0.2) is 24.3 Å². The van der Waals surface area contributed by atoms with E-state index in [2.05, 4.69) is 5.92 Å². The van der Waals surface area contributed by atoms with Crippen molar-refractivity contribution in [1.82, 2.24) is 0 Å². The standard InChI is InChI=1S/C14H16O2/c1-2-12-6-5-7-13(10-12)11-16-14-8-3-4-9-15-14/h1,5-7,10,14H,3-4,8-9,11H2/t14-/m1/s1. The third-order valence-corrected chi connectivity index (χ3v) is 2.67. The number of hydrogen-bond acceptors (Lipinski definition) is 2. The lowest BCUT2D eigenvalue weighted by Crippen LogP contribution is -2.21. The predicted octanol–water partition coefficient (Wildman–Crippen LogP) is 2.71. The molecule has 0 amide bonds. The maximum Gasteiger partial charge on any atom is 0.158 e. The Kier molecular flexibility index (Phi) is 3.98. The molecule has 1 aromatic rings. The van der Waals surface area contributed by atoms with Gasteiger partial charge in [0, 0.05) is 12.2 Å². The predicted molar refractivity (Wildman–Crippen MR) is 62.8 cm³/mol. The number of terminal acetylenes is 1. The summed E-state index contributed by atoms with van der Waals surface area (Å²) < 4.78 is 11.2. The van der Waals surface area contributed by atoms with E-state index in [1.807, 2.05) is 24.3 Å². The van der Waals surface area contributed by atoms with Crippen molar-refractivity contribution in [1.29, 1.82) is 0 Å². The molecule has 2 heteroatoms. The van der Waals surface area contributed by atoms with Gasteiger partial charge in [-0.3, -0.25) is 0 Å². The summed E-state index contributed by atoms with van der Waals surface area (Å²) in [7, 11) is 0. The van der Waals surface area contributed by atoms with Crippen LogP contribution in [-0.2, 0) is 16.1 Å². The molecule has 1 saturated heterocycles. The minimum atomic E-state index is -0.0387. The molecule has 0 aliphatic carbocycles. The van der Waals surface area contributed by atoms with Crippen LogP contribution < -0.4 is 0 Å². The topological polar surface area (TPSA) is 18.5 Å². The molecule has 1 aliphatic rings. The monoisotopic (exact) mass is 216 g/mol. The first-order valence-electron chi connectivity index (χ1n) is 5.67. The molecule has 1 heterocycles. The van der Waals surface area contributed by atoms with Crippen molar-refractivity contribution in [3.63, 3.8) is 0 Å². The van der Waals surface area contributed by atoms with Crippen LogP contribution in [0.4, 0.5) is 0 Å². The van der Waals surface area contributed by atoms with Crippen LogP contribution in [0.2, 0.25) is 0 Å². The Balaban J connectivity index is 1.86. The molecular weight excluding hydrogens is 200 g/mol. The Morgan fingerprint density at radius 2 is 2.38 bits per heavy atom. The maximum absolute atomic E-state index is 5.68. The van der Waals surface area contributed by atoms with E-state index in [4.69, 9.17) is 15.9 Å². The van der Waals surface area contributed by atoms with Gasteiger partial charge in [0.25, 0.3) is 0 Å². The molecule has 16 heavy (non-hydrogen) atoms. The second-order valence-electron chi connectivity index (χ2n) is 3.95. The molecule has 1 aromatic carbocycles. The van der Waals surface area contributed by atoms with Crippen LogP contribution in [-0.4, -0.2) is 12.9 Å². The third kappa shape index (κ3) is 3.10. The molecule has 0 N–H and O–H groups in total. The van der Waals surface area contributed by atoms with Gasteiger partial charge in [-0.1, -0.05) is 18.1 Å². The number of hydrogen-bond donors (Lipinski definition) is 0. The molecule has 1 aliphatic heterocycles. The van der Waals surface area contributed by atoms with Gasteiger partial charge in [0.05, 0.1) is 6.61 Å². The molecule has 0 unspecified atom stereocenters. The van der Waals surface area contributed by atoms with Crippen molar-refractivity contribution in [3.05, 3.63) is 35.4 Å². The van der Waals surface area contributed by atoms with Crippen LogP contribution >= 0.6 is 0 Å². The second kappa shape index (κ2) is 5.69. The summed E-state index contributed by atoms with van der Waals surface area (Å²) in [6.45, 7) is 1.38. The summed E-state index contributed by atoms with van der Waals surface area (Å²) in [5, 5.41) is 0. The van der Waals surface area contributed by atoms with Crippen molar-refractivity contribution >= 4 is 0 Å². The largest absolute Gasteiger partial charge is 0.353 e. The molecule has 0 saturated carbocycles. The minimum absolute atomic E-state index is 0.0387. The quantitative estimate of drug-likeness (QED) is 0.723. The zero-order chi connectivity index (χ0) is 11.2. The lowest BCUT2D eigenvalue weighted by atomic mass is 10.1. The van der Waals surface area contributed by atoms with Crippen molar-refractivity contribution in [2.75, 3.05) is 6.61 Å². The zero-order valence-corrected chi connectivity index (χ0v) is 9.32. The normalized spacial score (nSPS) is 20.3. The minimum Gasteiger partial charge on any atom is -0.353 e. The zero-order valence-electron chi connectivity index (χ0n) is 9.32. The summed E-state index contributed by atoms with van der Waals surface area (Å²) >= 11 is 0. The van der Waals surface area contributed by atoms with Crippen LogP contribution in [0, 0.1) is 12.3 Å². The highest BCUT2D eigenvalue weighted by Gasteiger charge is 2.13. The van der Waals surface area contributed by atoms with Gasteiger partial charge in [-0.2, -0.15) is 0 Å². The Bertz CT molecular complexity index is 373. The summed E-state index contributed by atoms with van der Waals surface area (Å²) in [4.78, 5) is 0. The molecule has 2 nitrogen and oxygen atoms in total. The highest BCUT2D eigenvalue weighted by molar-refractivity contribution is 5.34.